The molecule has 28 heavy (non-hydrogen) atoms. The second-order valence-electron chi connectivity index (χ2n) is 6.13. The first-order chi connectivity index (χ1) is 13.2. The Balaban J connectivity index is 2.47. The lowest BCUT2D eigenvalue weighted by Crippen LogP contribution is -2.17. The molecule has 1 aromatic carbocycles. The third kappa shape index (κ3) is 5.21. The van der Waals surface area contributed by atoms with Gasteiger partial charge in [0.05, 0.1) is 26.0 Å². The molecular formula is C20H24F3NO4. The van der Waals surface area contributed by atoms with Crippen LogP contribution >= 0.6 is 0 Å². The number of ether oxygens (including phenoxy) is 4. The Kier molecular flexibility index (Phi) is 6.99. The number of halogens is 3. The summed E-state index contributed by atoms with van der Waals surface area (Å²) < 4.78 is 57.9. The Labute approximate surface area is 162 Å². The van der Waals surface area contributed by atoms with Gasteiger partial charge in [0.15, 0.2) is 5.75 Å². The van der Waals surface area contributed by atoms with Crippen LogP contribution in [-0.2, 0) is 0 Å². The largest absolute Gasteiger partial charge is 0.573 e. The number of aryl methyl sites for hydroxylation is 1. The topological polar surface area (TPSA) is 49.8 Å². The number of aromatic nitrogens is 1. The fraction of sp³-hybridized carbons (Fsp3) is 0.450. The first-order valence-corrected chi connectivity index (χ1v) is 8.88. The number of hydrogen-bond acceptors (Lipinski definition) is 5. The fourth-order valence-electron chi connectivity index (χ4n) is 2.77. The number of benzene rings is 1. The van der Waals surface area contributed by atoms with Crippen LogP contribution in [0.25, 0.3) is 11.3 Å². The van der Waals surface area contributed by atoms with Gasteiger partial charge in [-0.3, -0.25) is 0 Å². The van der Waals surface area contributed by atoms with Gasteiger partial charge in [-0.1, -0.05) is 13.8 Å². The van der Waals surface area contributed by atoms with Crippen molar-refractivity contribution in [2.24, 2.45) is 0 Å². The average molecular weight is 399 g/mol. The zero-order chi connectivity index (χ0) is 20.9. The van der Waals surface area contributed by atoms with Crippen LogP contribution in [0.1, 0.15) is 32.3 Å². The molecule has 5 nitrogen and oxygen atoms in total. The second kappa shape index (κ2) is 9.03. The van der Waals surface area contributed by atoms with E-state index in [1.54, 1.807) is 6.07 Å². The molecule has 0 spiro atoms. The van der Waals surface area contributed by atoms with Crippen molar-refractivity contribution in [2.75, 3.05) is 14.2 Å². The first kappa shape index (κ1) is 21.7. The van der Waals surface area contributed by atoms with Gasteiger partial charge in [-0.25, -0.2) is 4.98 Å². The summed E-state index contributed by atoms with van der Waals surface area (Å²) in [5.74, 6) is 0.651. The highest BCUT2D eigenvalue weighted by Crippen LogP contribution is 2.39. The fourth-order valence-corrected chi connectivity index (χ4v) is 2.77. The molecule has 8 heteroatoms. The van der Waals surface area contributed by atoms with E-state index in [0.29, 0.717) is 22.9 Å². The predicted octanol–water partition coefficient (Wildman–Crippen LogP) is 5.54. The number of pyridine rings is 1. The van der Waals surface area contributed by atoms with Crippen molar-refractivity contribution in [1.82, 2.24) is 4.98 Å². The normalized spacial score (nSPS) is 11.5. The van der Waals surface area contributed by atoms with Crippen LogP contribution in [-0.4, -0.2) is 31.7 Å². The highest BCUT2D eigenvalue weighted by Gasteiger charge is 2.31. The van der Waals surface area contributed by atoms with E-state index in [1.807, 2.05) is 20.8 Å². The zero-order valence-corrected chi connectivity index (χ0v) is 16.5. The quantitative estimate of drug-likeness (QED) is 0.583. The molecule has 0 unspecified atom stereocenters. The Bertz CT molecular complexity index is 805. The lowest BCUT2D eigenvalue weighted by atomic mass is 10.0. The van der Waals surface area contributed by atoms with Gasteiger partial charge in [-0.05, 0) is 43.5 Å². The van der Waals surface area contributed by atoms with Gasteiger partial charge in [0.25, 0.3) is 5.88 Å². The number of methoxy groups -OCH3 is 2. The Morgan fingerprint density at radius 1 is 1.00 bits per heavy atom. The van der Waals surface area contributed by atoms with Crippen molar-refractivity contribution < 1.29 is 32.1 Å². The summed E-state index contributed by atoms with van der Waals surface area (Å²) in [7, 11) is 2.85. The molecule has 0 aliphatic heterocycles. The minimum atomic E-state index is -4.78. The number of hydrogen-bond donors (Lipinski definition) is 0. The van der Waals surface area contributed by atoms with Gasteiger partial charge in [-0.15, -0.1) is 13.2 Å². The molecule has 0 bridgehead atoms. The second-order valence-corrected chi connectivity index (χ2v) is 6.13. The van der Waals surface area contributed by atoms with Crippen LogP contribution in [0, 0.1) is 6.92 Å². The zero-order valence-electron chi connectivity index (χ0n) is 16.5. The molecule has 154 valence electrons. The monoisotopic (exact) mass is 399 g/mol. The predicted molar refractivity (Wildman–Crippen MR) is 99.2 cm³/mol. The Morgan fingerprint density at radius 2 is 1.68 bits per heavy atom. The van der Waals surface area contributed by atoms with E-state index in [0.717, 1.165) is 18.4 Å². The summed E-state index contributed by atoms with van der Waals surface area (Å²) in [4.78, 5) is 4.51. The molecule has 0 saturated carbocycles. The summed E-state index contributed by atoms with van der Waals surface area (Å²) in [5, 5.41) is 0. The van der Waals surface area contributed by atoms with Crippen molar-refractivity contribution in [3.63, 3.8) is 0 Å². The van der Waals surface area contributed by atoms with Crippen LogP contribution in [0.4, 0.5) is 13.2 Å². The maximum atomic E-state index is 12.5. The van der Waals surface area contributed by atoms with E-state index in [-0.39, 0.29) is 17.6 Å². The summed E-state index contributed by atoms with van der Waals surface area (Å²) >= 11 is 0. The van der Waals surface area contributed by atoms with Crippen molar-refractivity contribution in [3.8, 4) is 34.4 Å². The summed E-state index contributed by atoms with van der Waals surface area (Å²) in [5.41, 5.74) is 1.80. The molecule has 0 radical (unpaired) electrons. The summed E-state index contributed by atoms with van der Waals surface area (Å²) in [6.45, 7) is 5.90. The number of alkyl halides is 3. The van der Waals surface area contributed by atoms with Crippen LogP contribution in [0.15, 0.2) is 24.3 Å². The van der Waals surface area contributed by atoms with E-state index in [1.165, 1.54) is 32.4 Å². The number of nitrogens with zero attached hydrogens (tertiary/aromatic N) is 1. The highest BCUT2D eigenvalue weighted by molar-refractivity contribution is 5.72. The van der Waals surface area contributed by atoms with Gasteiger partial charge >= 0.3 is 6.36 Å². The van der Waals surface area contributed by atoms with Gasteiger partial charge in [0.2, 0.25) is 0 Å². The standard InChI is InChI=1S/C20H24F3NO4/c1-6-13(7-2)27-17-10-12(3)18(24-19(17)26-5)15-9-8-14(11-16(15)25-4)28-20(21,22)23/h8-11,13H,6-7H2,1-5H3. The molecule has 0 atom stereocenters. The lowest BCUT2D eigenvalue weighted by Gasteiger charge is -2.19. The highest BCUT2D eigenvalue weighted by atomic mass is 19.4. The van der Waals surface area contributed by atoms with Gasteiger partial charge in [0.1, 0.15) is 11.5 Å². The maximum Gasteiger partial charge on any atom is 0.573 e. The van der Waals surface area contributed by atoms with E-state index in [9.17, 15) is 13.2 Å². The third-order valence-corrected chi connectivity index (χ3v) is 4.20. The molecule has 1 aromatic heterocycles. The summed E-state index contributed by atoms with van der Waals surface area (Å²) in [6, 6.07) is 5.66. The Hall–Kier alpha value is -2.64. The van der Waals surface area contributed by atoms with E-state index < -0.39 is 6.36 Å². The van der Waals surface area contributed by atoms with Crippen molar-refractivity contribution in [3.05, 3.63) is 29.8 Å². The molecule has 1 heterocycles. The molecule has 0 N–H and O–H groups in total. The molecule has 0 saturated heterocycles. The van der Waals surface area contributed by atoms with Crippen LogP contribution in [0.5, 0.6) is 23.1 Å². The molecule has 0 fully saturated rings. The van der Waals surface area contributed by atoms with Gasteiger partial charge < -0.3 is 18.9 Å². The Morgan fingerprint density at radius 3 is 2.21 bits per heavy atom. The number of rotatable bonds is 8. The molecule has 2 rings (SSSR count). The summed E-state index contributed by atoms with van der Waals surface area (Å²) in [6.07, 6.45) is -3.06. The molecular weight excluding hydrogens is 375 g/mol. The smallest absolute Gasteiger partial charge is 0.496 e. The van der Waals surface area contributed by atoms with Crippen LogP contribution in [0.2, 0.25) is 0 Å². The van der Waals surface area contributed by atoms with Crippen molar-refractivity contribution in [1.29, 1.82) is 0 Å². The maximum absolute atomic E-state index is 12.5. The van der Waals surface area contributed by atoms with Crippen LogP contribution < -0.4 is 18.9 Å². The minimum absolute atomic E-state index is 0.0364. The first-order valence-electron chi connectivity index (χ1n) is 8.88. The lowest BCUT2D eigenvalue weighted by molar-refractivity contribution is -0.274. The minimum Gasteiger partial charge on any atom is -0.496 e. The molecule has 0 aliphatic carbocycles. The van der Waals surface area contributed by atoms with E-state index in [4.69, 9.17) is 14.2 Å². The van der Waals surface area contributed by atoms with Gasteiger partial charge in [0, 0.05) is 11.6 Å². The average Bonchev–Trinajstić information content (AvgIpc) is 2.65. The SMILES string of the molecule is CCC(CC)Oc1cc(C)c(-c2ccc(OC(F)(F)F)cc2OC)nc1OC. The third-order valence-electron chi connectivity index (χ3n) is 4.20. The molecule has 0 amide bonds. The van der Waals surface area contributed by atoms with Crippen LogP contribution in [0.3, 0.4) is 0 Å². The van der Waals surface area contributed by atoms with E-state index in [2.05, 4.69) is 9.72 Å². The van der Waals surface area contributed by atoms with Crippen molar-refractivity contribution in [2.45, 2.75) is 46.1 Å². The molecule has 0 aliphatic rings. The van der Waals surface area contributed by atoms with E-state index >= 15 is 0 Å². The van der Waals surface area contributed by atoms with Gasteiger partial charge in [-0.2, -0.15) is 0 Å². The van der Waals surface area contributed by atoms with Crippen molar-refractivity contribution >= 4 is 0 Å². The molecule has 2 aromatic rings.